The normalized spacial score (nSPS) is 23.4. The number of benzene rings is 1. The molecule has 1 aliphatic rings. The summed E-state index contributed by atoms with van der Waals surface area (Å²) in [6.07, 6.45) is 2.35. The van der Waals surface area contributed by atoms with E-state index >= 15 is 0 Å². The summed E-state index contributed by atoms with van der Waals surface area (Å²) in [4.78, 5) is 2.44. The van der Waals surface area contributed by atoms with E-state index in [1.165, 1.54) is 12.0 Å². The van der Waals surface area contributed by atoms with Gasteiger partial charge in [0.15, 0.2) is 0 Å². The molecule has 2 rings (SSSR count). The maximum absolute atomic E-state index is 9.40. The predicted octanol–water partition coefficient (Wildman–Crippen LogP) is 2.04. The van der Waals surface area contributed by atoms with Gasteiger partial charge in [0.05, 0.1) is 6.61 Å². The van der Waals surface area contributed by atoms with Crippen LogP contribution in [0, 0.1) is 5.92 Å². The van der Waals surface area contributed by atoms with Crippen molar-refractivity contribution in [1.82, 2.24) is 10.2 Å². The van der Waals surface area contributed by atoms with E-state index < -0.39 is 0 Å². The Morgan fingerprint density at radius 2 is 2.11 bits per heavy atom. The smallest absolute Gasteiger partial charge is 0.0586 e. The molecule has 3 atom stereocenters. The van der Waals surface area contributed by atoms with Crippen LogP contribution < -0.4 is 5.32 Å². The van der Waals surface area contributed by atoms with E-state index in [0.717, 1.165) is 19.5 Å². The van der Waals surface area contributed by atoms with Crippen molar-refractivity contribution in [3.05, 3.63) is 35.9 Å². The zero-order valence-corrected chi connectivity index (χ0v) is 12.0. The van der Waals surface area contributed by atoms with E-state index in [2.05, 4.69) is 47.5 Å². The molecule has 3 unspecified atom stereocenters. The van der Waals surface area contributed by atoms with Crippen molar-refractivity contribution < 1.29 is 5.11 Å². The SMILES string of the molecule is CNC(c1ccccc1)C(C)CN1CCCC1CO. The number of hydrogen-bond acceptors (Lipinski definition) is 3. The number of likely N-dealkylation sites (tertiary alicyclic amines) is 1. The van der Waals surface area contributed by atoms with Crippen LogP contribution in [0.1, 0.15) is 31.4 Å². The molecule has 1 aliphatic heterocycles. The Kier molecular flexibility index (Phi) is 5.37. The molecule has 106 valence electrons. The van der Waals surface area contributed by atoms with Crippen LogP contribution in [0.4, 0.5) is 0 Å². The van der Waals surface area contributed by atoms with Crippen LogP contribution >= 0.6 is 0 Å². The second kappa shape index (κ2) is 7.04. The van der Waals surface area contributed by atoms with Gasteiger partial charge in [-0.25, -0.2) is 0 Å². The molecule has 1 fully saturated rings. The molecule has 0 radical (unpaired) electrons. The first kappa shape index (κ1) is 14.5. The minimum atomic E-state index is 0.294. The van der Waals surface area contributed by atoms with Gasteiger partial charge in [-0.3, -0.25) is 4.90 Å². The van der Waals surface area contributed by atoms with Crippen molar-refractivity contribution in [2.45, 2.75) is 31.8 Å². The Morgan fingerprint density at radius 3 is 2.74 bits per heavy atom. The fourth-order valence-corrected chi connectivity index (χ4v) is 3.26. The topological polar surface area (TPSA) is 35.5 Å². The Balaban J connectivity index is 1.99. The highest BCUT2D eigenvalue weighted by molar-refractivity contribution is 5.19. The van der Waals surface area contributed by atoms with Crippen molar-refractivity contribution in [3.8, 4) is 0 Å². The van der Waals surface area contributed by atoms with E-state index in [9.17, 15) is 5.11 Å². The average molecular weight is 262 g/mol. The molecule has 0 saturated carbocycles. The van der Waals surface area contributed by atoms with Gasteiger partial charge >= 0.3 is 0 Å². The van der Waals surface area contributed by atoms with Crippen molar-refractivity contribution >= 4 is 0 Å². The third-order valence-corrected chi connectivity index (χ3v) is 4.27. The largest absolute Gasteiger partial charge is 0.395 e. The van der Waals surface area contributed by atoms with Gasteiger partial charge in [0, 0.05) is 18.6 Å². The van der Waals surface area contributed by atoms with Gasteiger partial charge in [0.1, 0.15) is 0 Å². The molecule has 3 heteroatoms. The van der Waals surface area contributed by atoms with Crippen molar-refractivity contribution in [2.24, 2.45) is 5.92 Å². The molecular formula is C16H26N2O. The molecule has 2 N–H and O–H groups in total. The monoisotopic (exact) mass is 262 g/mol. The first-order valence-corrected chi connectivity index (χ1v) is 7.33. The van der Waals surface area contributed by atoms with Crippen molar-refractivity contribution in [2.75, 3.05) is 26.7 Å². The molecule has 0 bridgehead atoms. The van der Waals surface area contributed by atoms with Crippen LogP contribution in [-0.2, 0) is 0 Å². The van der Waals surface area contributed by atoms with Gasteiger partial charge in [-0.15, -0.1) is 0 Å². The highest BCUT2D eigenvalue weighted by Crippen LogP contribution is 2.25. The molecule has 1 aromatic rings. The van der Waals surface area contributed by atoms with Gasteiger partial charge in [-0.05, 0) is 37.9 Å². The lowest BCUT2D eigenvalue weighted by Gasteiger charge is -2.31. The number of nitrogens with one attached hydrogen (secondary N) is 1. The number of hydrogen-bond donors (Lipinski definition) is 2. The highest BCUT2D eigenvalue weighted by Gasteiger charge is 2.27. The molecule has 0 aliphatic carbocycles. The third-order valence-electron chi connectivity index (χ3n) is 4.27. The standard InChI is InChI=1S/C16H26N2O/c1-13(11-18-10-6-9-15(18)12-19)16(17-2)14-7-4-3-5-8-14/h3-5,7-8,13,15-17,19H,6,9-12H2,1-2H3. The van der Waals surface area contributed by atoms with E-state index in [0.29, 0.717) is 24.6 Å². The molecule has 0 spiro atoms. The predicted molar refractivity (Wildman–Crippen MR) is 79.1 cm³/mol. The molecule has 1 heterocycles. The number of nitrogens with zero attached hydrogens (tertiary/aromatic N) is 1. The van der Waals surface area contributed by atoms with Crippen LogP contribution in [0.5, 0.6) is 0 Å². The van der Waals surface area contributed by atoms with Gasteiger partial charge in [0.25, 0.3) is 0 Å². The molecule has 0 aromatic heterocycles. The van der Waals surface area contributed by atoms with Crippen molar-refractivity contribution in [3.63, 3.8) is 0 Å². The Hall–Kier alpha value is -0.900. The fourth-order valence-electron chi connectivity index (χ4n) is 3.26. The van der Waals surface area contributed by atoms with Crippen LogP contribution in [0.2, 0.25) is 0 Å². The first-order chi connectivity index (χ1) is 9.26. The summed E-state index contributed by atoms with van der Waals surface area (Å²) in [5.41, 5.74) is 1.34. The van der Waals surface area contributed by atoms with E-state index in [1.54, 1.807) is 0 Å². The Labute approximate surface area is 116 Å². The van der Waals surface area contributed by atoms with Crippen LogP contribution in [0.15, 0.2) is 30.3 Å². The van der Waals surface area contributed by atoms with Crippen molar-refractivity contribution in [1.29, 1.82) is 0 Å². The quantitative estimate of drug-likeness (QED) is 0.823. The minimum Gasteiger partial charge on any atom is -0.395 e. The molecule has 1 saturated heterocycles. The lowest BCUT2D eigenvalue weighted by molar-refractivity contribution is 0.136. The second-order valence-corrected chi connectivity index (χ2v) is 5.63. The molecule has 1 aromatic carbocycles. The maximum Gasteiger partial charge on any atom is 0.0586 e. The maximum atomic E-state index is 9.40. The van der Waals surface area contributed by atoms with Crippen LogP contribution in [0.3, 0.4) is 0 Å². The summed E-state index contributed by atoms with van der Waals surface area (Å²) in [5.74, 6) is 0.527. The lowest BCUT2D eigenvalue weighted by atomic mass is 9.94. The first-order valence-electron chi connectivity index (χ1n) is 7.33. The zero-order chi connectivity index (χ0) is 13.7. The molecular weight excluding hydrogens is 236 g/mol. The summed E-state index contributed by atoms with van der Waals surface area (Å²) in [5, 5.41) is 12.8. The number of aliphatic hydroxyl groups excluding tert-OH is 1. The van der Waals surface area contributed by atoms with E-state index in [-0.39, 0.29) is 0 Å². The van der Waals surface area contributed by atoms with E-state index in [1.807, 2.05) is 7.05 Å². The summed E-state index contributed by atoms with van der Waals surface area (Å²) in [6, 6.07) is 11.4. The van der Waals surface area contributed by atoms with Gasteiger partial charge in [-0.1, -0.05) is 37.3 Å². The fraction of sp³-hybridized carbons (Fsp3) is 0.625. The van der Waals surface area contributed by atoms with E-state index in [4.69, 9.17) is 0 Å². The third kappa shape index (κ3) is 3.56. The number of rotatable bonds is 6. The Bertz CT molecular complexity index is 368. The summed E-state index contributed by atoms with van der Waals surface area (Å²) < 4.78 is 0. The van der Waals surface area contributed by atoms with Gasteiger partial charge in [0.2, 0.25) is 0 Å². The van der Waals surface area contributed by atoms with Gasteiger partial charge in [-0.2, -0.15) is 0 Å². The molecule has 3 nitrogen and oxygen atoms in total. The summed E-state index contributed by atoms with van der Waals surface area (Å²) >= 11 is 0. The second-order valence-electron chi connectivity index (χ2n) is 5.63. The lowest BCUT2D eigenvalue weighted by Crippen LogP contribution is -2.39. The highest BCUT2D eigenvalue weighted by atomic mass is 16.3. The molecule has 19 heavy (non-hydrogen) atoms. The summed E-state index contributed by atoms with van der Waals surface area (Å²) in [7, 11) is 2.03. The molecule has 0 amide bonds. The minimum absolute atomic E-state index is 0.294. The van der Waals surface area contributed by atoms with Crippen LogP contribution in [0.25, 0.3) is 0 Å². The average Bonchev–Trinajstić information content (AvgIpc) is 2.88. The zero-order valence-electron chi connectivity index (χ0n) is 12.0. The number of aliphatic hydroxyl groups is 1. The van der Waals surface area contributed by atoms with Crippen LogP contribution in [-0.4, -0.2) is 42.8 Å². The Morgan fingerprint density at radius 1 is 1.37 bits per heavy atom. The summed E-state index contributed by atoms with van der Waals surface area (Å²) in [6.45, 7) is 4.76. The van der Waals surface area contributed by atoms with Gasteiger partial charge < -0.3 is 10.4 Å².